The predicted octanol–water partition coefficient (Wildman–Crippen LogP) is 3.31. The zero-order valence-electron chi connectivity index (χ0n) is 6.10. The molecule has 1 fully saturated rings. The third-order valence-electron chi connectivity index (χ3n) is 1.42. The van der Waals surface area contributed by atoms with Crippen LogP contribution in [0.5, 0.6) is 0 Å². The van der Waals surface area contributed by atoms with Crippen LogP contribution in [-0.4, -0.2) is 0 Å². The van der Waals surface area contributed by atoms with Crippen molar-refractivity contribution in [3.63, 3.8) is 0 Å². The third-order valence-corrected chi connectivity index (χ3v) is 1.42. The first-order valence-electron chi connectivity index (χ1n) is 3.65. The van der Waals surface area contributed by atoms with E-state index in [4.69, 9.17) is 0 Å². The van der Waals surface area contributed by atoms with Crippen LogP contribution >= 0.6 is 0 Å². The molecule has 0 spiro atoms. The van der Waals surface area contributed by atoms with Crippen LogP contribution in [0.4, 0.5) is 0 Å². The standard InChI is InChI=1S/C5H10.C4H6/c1-2-4-5-3-1;1-3-4-2/h1-5H2;3-4H,1-2H2. The van der Waals surface area contributed by atoms with Gasteiger partial charge >= 0.3 is 0 Å². The van der Waals surface area contributed by atoms with Crippen molar-refractivity contribution >= 4 is 0 Å². The molecule has 9 heavy (non-hydrogen) atoms. The molecule has 0 aromatic rings. The Kier molecular flexibility index (Phi) is 7.05. The molecule has 0 bridgehead atoms. The summed E-state index contributed by atoms with van der Waals surface area (Å²) in [5, 5.41) is 0. The highest BCUT2D eigenvalue weighted by molar-refractivity contribution is 4.88. The highest BCUT2D eigenvalue weighted by Gasteiger charge is 1.95. The molecule has 0 unspecified atom stereocenters. The van der Waals surface area contributed by atoms with Gasteiger partial charge in [-0.25, -0.2) is 0 Å². The Morgan fingerprint density at radius 3 is 1.00 bits per heavy atom. The Balaban J connectivity index is 0.000000148. The van der Waals surface area contributed by atoms with Crippen LogP contribution in [0.1, 0.15) is 32.1 Å². The van der Waals surface area contributed by atoms with Gasteiger partial charge in [-0.1, -0.05) is 57.4 Å². The van der Waals surface area contributed by atoms with Gasteiger partial charge in [-0.05, 0) is 0 Å². The smallest absolute Gasteiger partial charge is 0.0533 e. The summed E-state index contributed by atoms with van der Waals surface area (Å²) in [6.45, 7) is 6.72. The van der Waals surface area contributed by atoms with Gasteiger partial charge in [0.2, 0.25) is 0 Å². The third kappa shape index (κ3) is 7.48. The van der Waals surface area contributed by atoms with E-state index in [2.05, 4.69) is 13.2 Å². The molecule has 0 heteroatoms. The lowest BCUT2D eigenvalue weighted by molar-refractivity contribution is 0.886. The Morgan fingerprint density at radius 2 is 0.889 bits per heavy atom. The van der Waals surface area contributed by atoms with Crippen molar-refractivity contribution in [2.24, 2.45) is 0 Å². The van der Waals surface area contributed by atoms with Crippen molar-refractivity contribution < 1.29 is 0 Å². The first-order valence-corrected chi connectivity index (χ1v) is 3.65. The second-order valence-corrected chi connectivity index (χ2v) is 2.24. The largest absolute Gasteiger partial charge is 0.0991 e. The molecule has 1 aliphatic carbocycles. The van der Waals surface area contributed by atoms with E-state index in [9.17, 15) is 0 Å². The fourth-order valence-electron chi connectivity index (χ4n) is 0.884. The van der Waals surface area contributed by atoms with Crippen molar-refractivity contribution in [1.29, 1.82) is 0 Å². The van der Waals surface area contributed by atoms with E-state index in [0.717, 1.165) is 0 Å². The summed E-state index contributed by atoms with van der Waals surface area (Å²) in [4.78, 5) is 0. The van der Waals surface area contributed by atoms with E-state index in [1.807, 2.05) is 0 Å². The van der Waals surface area contributed by atoms with Crippen LogP contribution in [0.2, 0.25) is 0 Å². The zero-order chi connectivity index (χ0) is 6.95. The first kappa shape index (κ1) is 8.48. The van der Waals surface area contributed by atoms with Crippen LogP contribution in [-0.2, 0) is 0 Å². The van der Waals surface area contributed by atoms with Crippen molar-refractivity contribution in [3.8, 4) is 0 Å². The fraction of sp³-hybridized carbons (Fsp3) is 0.556. The molecular formula is C9H16. The van der Waals surface area contributed by atoms with Gasteiger partial charge in [0, 0.05) is 0 Å². The summed E-state index contributed by atoms with van der Waals surface area (Å²) in [6.07, 6.45) is 10.8. The van der Waals surface area contributed by atoms with E-state index in [1.165, 1.54) is 32.1 Å². The second-order valence-electron chi connectivity index (χ2n) is 2.24. The molecule has 0 atom stereocenters. The SMILES string of the molecule is C1CCCC1.C=CC=C. The average molecular weight is 124 g/mol. The lowest BCUT2D eigenvalue weighted by atomic mass is 10.4. The molecule has 0 heterocycles. The molecule has 0 amide bonds. The van der Waals surface area contributed by atoms with Gasteiger partial charge in [0.25, 0.3) is 0 Å². The van der Waals surface area contributed by atoms with Crippen molar-refractivity contribution in [2.75, 3.05) is 0 Å². The molecule has 0 saturated heterocycles. The van der Waals surface area contributed by atoms with Crippen LogP contribution < -0.4 is 0 Å². The summed E-state index contributed by atoms with van der Waals surface area (Å²) >= 11 is 0. The highest BCUT2D eigenvalue weighted by Crippen LogP contribution is 2.15. The van der Waals surface area contributed by atoms with Gasteiger partial charge in [0.15, 0.2) is 0 Å². The maximum absolute atomic E-state index is 3.36. The Morgan fingerprint density at radius 1 is 0.667 bits per heavy atom. The summed E-state index contributed by atoms with van der Waals surface area (Å²) in [5.74, 6) is 0. The Hall–Kier alpha value is -0.520. The lowest BCUT2D eigenvalue weighted by Gasteiger charge is -1.67. The Bertz CT molecular complexity index is 54.5. The molecule has 0 N–H and O–H groups in total. The van der Waals surface area contributed by atoms with E-state index in [1.54, 1.807) is 12.2 Å². The van der Waals surface area contributed by atoms with Crippen molar-refractivity contribution in [3.05, 3.63) is 25.3 Å². The normalized spacial score (nSPS) is 15.6. The van der Waals surface area contributed by atoms with Gasteiger partial charge < -0.3 is 0 Å². The van der Waals surface area contributed by atoms with Crippen molar-refractivity contribution in [2.45, 2.75) is 32.1 Å². The number of hydrogen-bond donors (Lipinski definition) is 0. The molecular weight excluding hydrogens is 108 g/mol. The maximum Gasteiger partial charge on any atom is -0.0533 e. The maximum atomic E-state index is 3.36. The Labute approximate surface area is 58.3 Å². The lowest BCUT2D eigenvalue weighted by Crippen LogP contribution is -1.47. The molecule has 52 valence electrons. The first-order chi connectivity index (χ1) is 4.41. The van der Waals surface area contributed by atoms with E-state index in [0.29, 0.717) is 0 Å². The monoisotopic (exact) mass is 124 g/mol. The molecule has 0 aromatic heterocycles. The molecule has 0 aliphatic heterocycles. The topological polar surface area (TPSA) is 0 Å². The minimum Gasteiger partial charge on any atom is -0.0991 e. The number of allylic oxidation sites excluding steroid dienone is 2. The highest BCUT2D eigenvalue weighted by atomic mass is 14.0. The summed E-state index contributed by atoms with van der Waals surface area (Å²) in [6, 6.07) is 0. The number of hydrogen-bond acceptors (Lipinski definition) is 0. The van der Waals surface area contributed by atoms with Crippen LogP contribution in [0.3, 0.4) is 0 Å². The quantitative estimate of drug-likeness (QED) is 0.470. The van der Waals surface area contributed by atoms with Gasteiger partial charge in [0.1, 0.15) is 0 Å². The minimum atomic E-state index is 1.50. The molecule has 0 aromatic carbocycles. The fourth-order valence-corrected chi connectivity index (χ4v) is 0.884. The van der Waals surface area contributed by atoms with E-state index < -0.39 is 0 Å². The summed E-state index contributed by atoms with van der Waals surface area (Å²) < 4.78 is 0. The molecule has 0 nitrogen and oxygen atoms in total. The van der Waals surface area contributed by atoms with Crippen molar-refractivity contribution in [1.82, 2.24) is 0 Å². The molecule has 1 rings (SSSR count). The van der Waals surface area contributed by atoms with Crippen LogP contribution in [0.15, 0.2) is 25.3 Å². The number of rotatable bonds is 1. The van der Waals surface area contributed by atoms with Gasteiger partial charge in [-0.2, -0.15) is 0 Å². The second kappa shape index (κ2) is 7.48. The zero-order valence-corrected chi connectivity index (χ0v) is 6.10. The summed E-state index contributed by atoms with van der Waals surface area (Å²) in [5.41, 5.74) is 0. The molecule has 1 saturated carbocycles. The molecule has 1 aliphatic rings. The van der Waals surface area contributed by atoms with Gasteiger partial charge in [-0.15, -0.1) is 0 Å². The predicted molar refractivity (Wildman–Crippen MR) is 43.5 cm³/mol. The molecule has 0 radical (unpaired) electrons. The summed E-state index contributed by atoms with van der Waals surface area (Å²) in [7, 11) is 0. The van der Waals surface area contributed by atoms with E-state index in [-0.39, 0.29) is 0 Å². The van der Waals surface area contributed by atoms with E-state index >= 15 is 0 Å². The van der Waals surface area contributed by atoms with Gasteiger partial charge in [-0.3, -0.25) is 0 Å². The average Bonchev–Trinajstić information content (AvgIpc) is 2.43. The van der Waals surface area contributed by atoms with Gasteiger partial charge in [0.05, 0.1) is 0 Å². The minimum absolute atomic E-state index is 1.50. The van der Waals surface area contributed by atoms with Crippen LogP contribution in [0.25, 0.3) is 0 Å². The van der Waals surface area contributed by atoms with Crippen LogP contribution in [0, 0.1) is 0 Å².